The van der Waals surface area contributed by atoms with Crippen LogP contribution in [0.25, 0.3) is 0 Å². The van der Waals surface area contributed by atoms with E-state index >= 15 is 0 Å². The lowest BCUT2D eigenvalue weighted by atomic mass is 10.2. The Balaban J connectivity index is 2.73. The molecule has 3 heteroatoms. The van der Waals surface area contributed by atoms with Crippen molar-refractivity contribution in [1.29, 1.82) is 0 Å². The molecule has 0 unspecified atom stereocenters. The predicted octanol–water partition coefficient (Wildman–Crippen LogP) is 0.960. The third kappa shape index (κ3) is 9.88. The molecule has 74 valence electrons. The number of rotatable bonds is 9. The highest BCUT2D eigenvalue weighted by molar-refractivity contribution is 4.46. The topological polar surface area (TPSA) is 33.3 Å². The van der Waals surface area contributed by atoms with Crippen LogP contribution in [0.15, 0.2) is 0 Å². The van der Waals surface area contributed by atoms with Gasteiger partial charge in [-0.25, -0.2) is 0 Å². The first-order valence-corrected chi connectivity index (χ1v) is 4.85. The van der Waals surface area contributed by atoms with Crippen LogP contribution in [0, 0.1) is 0 Å². The van der Waals surface area contributed by atoms with Crippen LogP contribution in [0.5, 0.6) is 0 Å². The van der Waals surface area contributed by atoms with Gasteiger partial charge in [0.15, 0.2) is 0 Å². The van der Waals surface area contributed by atoms with E-state index in [2.05, 4.69) is 10.6 Å². The molecule has 0 aliphatic heterocycles. The summed E-state index contributed by atoms with van der Waals surface area (Å²) in [6.07, 6.45) is 3.69. The van der Waals surface area contributed by atoms with E-state index in [0.29, 0.717) is 0 Å². The Kier molecular flexibility index (Phi) is 10.8. The zero-order valence-electron chi connectivity index (χ0n) is 8.36. The highest BCUT2D eigenvalue weighted by Gasteiger charge is 1.88. The Hall–Kier alpha value is -0.120. The van der Waals surface area contributed by atoms with E-state index in [1.165, 1.54) is 19.3 Å². The maximum Gasteiger partial charge on any atom is 0.0465 e. The average Bonchev–Trinajstić information content (AvgIpc) is 2.10. The second-order valence-electron chi connectivity index (χ2n) is 2.79. The van der Waals surface area contributed by atoms with Gasteiger partial charge < -0.3 is 15.4 Å². The normalized spacial score (nSPS) is 10.5. The molecular formula is C9H22N2O. The number of hydrogen-bond acceptors (Lipinski definition) is 3. The monoisotopic (exact) mass is 174 g/mol. The van der Waals surface area contributed by atoms with Crippen molar-refractivity contribution in [3.8, 4) is 0 Å². The highest BCUT2D eigenvalue weighted by Crippen LogP contribution is 1.93. The van der Waals surface area contributed by atoms with E-state index in [9.17, 15) is 0 Å². The SMILES string of the molecule is CCOCCCCCNCNC. The van der Waals surface area contributed by atoms with Crippen molar-refractivity contribution < 1.29 is 4.74 Å². The molecule has 0 aromatic carbocycles. The van der Waals surface area contributed by atoms with Gasteiger partial charge in [-0.15, -0.1) is 0 Å². The molecule has 0 bridgehead atoms. The minimum atomic E-state index is 0.845. The molecule has 0 atom stereocenters. The van der Waals surface area contributed by atoms with E-state index < -0.39 is 0 Å². The minimum Gasteiger partial charge on any atom is -0.382 e. The molecule has 0 aromatic heterocycles. The molecule has 0 heterocycles. The maximum atomic E-state index is 5.23. The smallest absolute Gasteiger partial charge is 0.0465 e. The van der Waals surface area contributed by atoms with Crippen molar-refractivity contribution in [3.05, 3.63) is 0 Å². The summed E-state index contributed by atoms with van der Waals surface area (Å²) in [5, 5.41) is 6.32. The molecule has 0 aliphatic carbocycles. The first-order chi connectivity index (χ1) is 5.91. The van der Waals surface area contributed by atoms with E-state index in [1.807, 2.05) is 14.0 Å². The third-order valence-electron chi connectivity index (χ3n) is 1.65. The summed E-state index contributed by atoms with van der Waals surface area (Å²) in [5.74, 6) is 0. The zero-order valence-corrected chi connectivity index (χ0v) is 8.36. The van der Waals surface area contributed by atoms with Crippen molar-refractivity contribution in [2.75, 3.05) is 33.5 Å². The summed E-state index contributed by atoms with van der Waals surface area (Å²) in [6, 6.07) is 0. The van der Waals surface area contributed by atoms with Crippen LogP contribution < -0.4 is 10.6 Å². The molecule has 0 radical (unpaired) electrons. The van der Waals surface area contributed by atoms with Gasteiger partial charge in [-0.05, 0) is 39.8 Å². The summed E-state index contributed by atoms with van der Waals surface area (Å²) in [6.45, 7) is 5.81. The number of hydrogen-bond donors (Lipinski definition) is 2. The second kappa shape index (κ2) is 10.9. The lowest BCUT2D eigenvalue weighted by molar-refractivity contribution is 0.143. The van der Waals surface area contributed by atoms with Crippen molar-refractivity contribution in [2.24, 2.45) is 0 Å². The van der Waals surface area contributed by atoms with Crippen molar-refractivity contribution in [2.45, 2.75) is 26.2 Å². The fourth-order valence-corrected chi connectivity index (χ4v) is 0.989. The van der Waals surface area contributed by atoms with Crippen molar-refractivity contribution >= 4 is 0 Å². The number of ether oxygens (including phenoxy) is 1. The van der Waals surface area contributed by atoms with Gasteiger partial charge in [-0.3, -0.25) is 0 Å². The maximum absolute atomic E-state index is 5.23. The van der Waals surface area contributed by atoms with Crippen LogP contribution in [0.2, 0.25) is 0 Å². The van der Waals surface area contributed by atoms with Crippen molar-refractivity contribution in [1.82, 2.24) is 10.6 Å². The molecule has 0 saturated carbocycles. The van der Waals surface area contributed by atoms with Crippen LogP contribution in [0.4, 0.5) is 0 Å². The summed E-state index contributed by atoms with van der Waals surface area (Å²) in [4.78, 5) is 0. The summed E-state index contributed by atoms with van der Waals surface area (Å²) >= 11 is 0. The van der Waals surface area contributed by atoms with Gasteiger partial charge in [-0.2, -0.15) is 0 Å². The molecular weight excluding hydrogens is 152 g/mol. The minimum absolute atomic E-state index is 0.845. The first-order valence-electron chi connectivity index (χ1n) is 4.85. The fourth-order valence-electron chi connectivity index (χ4n) is 0.989. The first kappa shape index (κ1) is 11.9. The van der Waals surface area contributed by atoms with Gasteiger partial charge in [0, 0.05) is 19.9 Å². The Bertz CT molecular complexity index is 68.9. The van der Waals surface area contributed by atoms with Gasteiger partial charge in [0.1, 0.15) is 0 Å². The lowest BCUT2D eigenvalue weighted by Gasteiger charge is -2.03. The molecule has 0 saturated heterocycles. The van der Waals surface area contributed by atoms with Gasteiger partial charge in [0.05, 0.1) is 0 Å². The van der Waals surface area contributed by atoms with E-state index in [-0.39, 0.29) is 0 Å². The largest absolute Gasteiger partial charge is 0.382 e. The number of unbranched alkanes of at least 4 members (excludes halogenated alkanes) is 2. The Morgan fingerprint density at radius 2 is 2.00 bits per heavy atom. The van der Waals surface area contributed by atoms with Gasteiger partial charge in [0.2, 0.25) is 0 Å². The third-order valence-corrected chi connectivity index (χ3v) is 1.65. The molecule has 0 amide bonds. The summed E-state index contributed by atoms with van der Waals surface area (Å²) < 4.78 is 5.23. The zero-order chi connectivity index (χ0) is 9.07. The molecule has 0 rings (SSSR count). The molecule has 12 heavy (non-hydrogen) atoms. The lowest BCUT2D eigenvalue weighted by Crippen LogP contribution is -2.26. The number of nitrogens with one attached hydrogen (secondary N) is 2. The highest BCUT2D eigenvalue weighted by atomic mass is 16.5. The summed E-state index contributed by atoms with van der Waals surface area (Å²) in [5.41, 5.74) is 0. The van der Waals surface area contributed by atoms with Crippen LogP contribution in [-0.4, -0.2) is 33.5 Å². The Morgan fingerprint density at radius 1 is 1.17 bits per heavy atom. The van der Waals surface area contributed by atoms with Crippen LogP contribution >= 0.6 is 0 Å². The molecule has 0 aromatic rings. The Labute approximate surface area is 75.9 Å². The molecule has 2 N–H and O–H groups in total. The van der Waals surface area contributed by atoms with E-state index in [0.717, 1.165) is 26.4 Å². The molecule has 3 nitrogen and oxygen atoms in total. The van der Waals surface area contributed by atoms with E-state index in [4.69, 9.17) is 4.74 Å². The molecule has 0 fully saturated rings. The van der Waals surface area contributed by atoms with Crippen LogP contribution in [0.3, 0.4) is 0 Å². The van der Waals surface area contributed by atoms with Crippen molar-refractivity contribution in [3.63, 3.8) is 0 Å². The Morgan fingerprint density at radius 3 is 2.67 bits per heavy atom. The van der Waals surface area contributed by atoms with Gasteiger partial charge in [-0.1, -0.05) is 0 Å². The standard InChI is InChI=1S/C9H22N2O/c1-3-12-8-6-4-5-7-11-9-10-2/h10-11H,3-9H2,1-2H3. The predicted molar refractivity (Wildman–Crippen MR) is 52.3 cm³/mol. The fraction of sp³-hybridized carbons (Fsp3) is 1.00. The van der Waals surface area contributed by atoms with Gasteiger partial charge >= 0.3 is 0 Å². The summed E-state index contributed by atoms with van der Waals surface area (Å²) in [7, 11) is 1.95. The second-order valence-corrected chi connectivity index (χ2v) is 2.79. The quantitative estimate of drug-likeness (QED) is 0.403. The van der Waals surface area contributed by atoms with Crippen LogP contribution in [-0.2, 0) is 4.74 Å². The van der Waals surface area contributed by atoms with Crippen LogP contribution in [0.1, 0.15) is 26.2 Å². The van der Waals surface area contributed by atoms with E-state index in [1.54, 1.807) is 0 Å². The average molecular weight is 174 g/mol. The molecule has 0 spiro atoms. The van der Waals surface area contributed by atoms with Gasteiger partial charge in [0.25, 0.3) is 0 Å². The molecule has 0 aliphatic rings.